The van der Waals surface area contributed by atoms with Crippen LogP contribution in [0, 0.1) is 0 Å². The highest BCUT2D eigenvalue weighted by atomic mass is 32.2. The molecule has 0 aromatic heterocycles. The summed E-state index contributed by atoms with van der Waals surface area (Å²) in [6.07, 6.45) is 1.76. The van der Waals surface area contributed by atoms with Crippen molar-refractivity contribution in [3.05, 3.63) is 84.4 Å². The lowest BCUT2D eigenvalue weighted by Gasteiger charge is -2.34. The van der Waals surface area contributed by atoms with Crippen molar-refractivity contribution in [2.45, 2.75) is 30.7 Å². The molecular weight excluding hydrogens is 504 g/mol. The molecule has 3 N–H and O–H groups in total. The second-order valence-electron chi connectivity index (χ2n) is 8.96. The summed E-state index contributed by atoms with van der Waals surface area (Å²) in [4.78, 5) is 27.2. The number of rotatable bonds is 9. The van der Waals surface area contributed by atoms with Crippen molar-refractivity contribution < 1.29 is 23.1 Å². The summed E-state index contributed by atoms with van der Waals surface area (Å²) in [6, 6.07) is 20.3. The molecule has 0 saturated carbocycles. The van der Waals surface area contributed by atoms with E-state index in [0.29, 0.717) is 12.2 Å². The highest BCUT2D eigenvalue weighted by Crippen LogP contribution is 2.37. The molecular formula is C28H32N4O5S. The second-order valence-corrected chi connectivity index (χ2v) is 10.7. The van der Waals surface area contributed by atoms with E-state index in [1.807, 2.05) is 6.92 Å². The molecule has 0 spiro atoms. The number of anilines is 2. The largest absolute Gasteiger partial charge is 0.506 e. The summed E-state index contributed by atoms with van der Waals surface area (Å²) in [5.74, 6) is -0.802. The van der Waals surface area contributed by atoms with Gasteiger partial charge in [-0.15, -0.1) is 0 Å². The molecule has 1 heterocycles. The van der Waals surface area contributed by atoms with Crippen molar-refractivity contribution in [2.75, 3.05) is 30.5 Å². The van der Waals surface area contributed by atoms with Crippen molar-refractivity contribution in [3.63, 3.8) is 0 Å². The molecule has 2 amide bonds. The summed E-state index contributed by atoms with van der Waals surface area (Å²) >= 11 is 0. The Kier molecular flexibility index (Phi) is 8.65. The van der Waals surface area contributed by atoms with Gasteiger partial charge < -0.3 is 20.6 Å². The number of aromatic hydroxyl groups is 1. The van der Waals surface area contributed by atoms with Crippen LogP contribution in [0.2, 0.25) is 0 Å². The summed E-state index contributed by atoms with van der Waals surface area (Å²) in [5.41, 5.74) is 0.687. The molecule has 0 aliphatic carbocycles. The molecule has 1 aliphatic heterocycles. The SMILES string of the molecule is CCN(C(=O)CNC(=O)c1ccc(S(=O)(=O)N(c2ccccc2)c2ccccc2O)cc1)C1CCNCC1. The van der Waals surface area contributed by atoms with Gasteiger partial charge in [-0.1, -0.05) is 30.3 Å². The maximum absolute atomic E-state index is 13.7. The predicted octanol–water partition coefficient (Wildman–Crippen LogP) is 3.25. The Morgan fingerprint density at radius 2 is 1.58 bits per heavy atom. The molecule has 0 bridgehead atoms. The van der Waals surface area contributed by atoms with Gasteiger partial charge in [-0.25, -0.2) is 12.7 Å². The highest BCUT2D eigenvalue weighted by Gasteiger charge is 2.29. The van der Waals surface area contributed by atoms with Crippen molar-refractivity contribution in [1.82, 2.24) is 15.5 Å². The number of piperidine rings is 1. The van der Waals surface area contributed by atoms with Crippen LogP contribution in [0.25, 0.3) is 0 Å². The maximum Gasteiger partial charge on any atom is 0.268 e. The monoisotopic (exact) mass is 536 g/mol. The topological polar surface area (TPSA) is 119 Å². The normalized spacial score (nSPS) is 14.0. The second kappa shape index (κ2) is 12.1. The Labute approximate surface area is 223 Å². The fourth-order valence-electron chi connectivity index (χ4n) is 4.61. The van der Waals surface area contributed by atoms with Crippen molar-refractivity contribution in [1.29, 1.82) is 0 Å². The Balaban J connectivity index is 1.50. The summed E-state index contributed by atoms with van der Waals surface area (Å²) in [5, 5.41) is 16.4. The third kappa shape index (κ3) is 5.98. The number of para-hydroxylation sites is 3. The highest BCUT2D eigenvalue weighted by molar-refractivity contribution is 7.93. The molecule has 200 valence electrons. The molecule has 1 aliphatic rings. The van der Waals surface area contributed by atoms with Crippen LogP contribution >= 0.6 is 0 Å². The van der Waals surface area contributed by atoms with E-state index < -0.39 is 15.9 Å². The fourth-order valence-corrected chi connectivity index (χ4v) is 6.11. The third-order valence-electron chi connectivity index (χ3n) is 6.56. The minimum absolute atomic E-state index is 0.0553. The van der Waals surface area contributed by atoms with Gasteiger partial charge in [-0.05, 0) is 81.4 Å². The molecule has 1 saturated heterocycles. The third-order valence-corrected chi connectivity index (χ3v) is 8.31. The molecule has 3 aromatic rings. The smallest absolute Gasteiger partial charge is 0.268 e. The number of carbonyl (C=O) groups is 2. The quantitative estimate of drug-likeness (QED) is 0.386. The first kappa shape index (κ1) is 27.2. The number of amides is 2. The Hall–Kier alpha value is -3.89. The van der Waals surface area contributed by atoms with Crippen LogP contribution in [0.3, 0.4) is 0 Å². The van der Waals surface area contributed by atoms with Crippen LogP contribution in [0.15, 0.2) is 83.8 Å². The molecule has 38 heavy (non-hydrogen) atoms. The number of likely N-dealkylation sites (N-methyl/N-ethyl adjacent to an activating group) is 1. The zero-order valence-corrected chi connectivity index (χ0v) is 22.0. The lowest BCUT2D eigenvalue weighted by Crippen LogP contribution is -2.49. The van der Waals surface area contributed by atoms with E-state index in [1.165, 1.54) is 36.4 Å². The van der Waals surface area contributed by atoms with Crippen LogP contribution in [-0.2, 0) is 14.8 Å². The van der Waals surface area contributed by atoms with E-state index in [4.69, 9.17) is 0 Å². The summed E-state index contributed by atoms with van der Waals surface area (Å²) in [7, 11) is -4.15. The van der Waals surface area contributed by atoms with Crippen molar-refractivity contribution in [2.24, 2.45) is 0 Å². The van der Waals surface area contributed by atoms with Crippen molar-refractivity contribution in [3.8, 4) is 5.75 Å². The number of nitrogens with zero attached hydrogens (tertiary/aromatic N) is 2. The molecule has 0 atom stereocenters. The van der Waals surface area contributed by atoms with E-state index in [0.717, 1.165) is 30.2 Å². The molecule has 0 radical (unpaired) electrons. The van der Waals surface area contributed by atoms with E-state index in [2.05, 4.69) is 10.6 Å². The van der Waals surface area contributed by atoms with E-state index >= 15 is 0 Å². The number of phenolic OH excluding ortho intramolecular Hbond substituents is 1. The van der Waals surface area contributed by atoms with Gasteiger partial charge in [0.2, 0.25) is 5.91 Å². The number of phenols is 1. The number of benzene rings is 3. The Morgan fingerprint density at radius 1 is 0.947 bits per heavy atom. The lowest BCUT2D eigenvalue weighted by molar-refractivity contribution is -0.132. The van der Waals surface area contributed by atoms with Gasteiger partial charge in [0.05, 0.1) is 22.8 Å². The van der Waals surface area contributed by atoms with Crippen molar-refractivity contribution >= 4 is 33.2 Å². The number of sulfonamides is 1. The van der Waals surface area contributed by atoms with Crippen LogP contribution in [0.1, 0.15) is 30.1 Å². The standard InChI is InChI=1S/C28H32N4O5S/c1-2-31(22-16-18-29-19-17-22)27(34)20-30-28(35)21-12-14-24(15-13-21)38(36,37)32(23-8-4-3-5-9-23)25-10-6-7-11-26(25)33/h3-15,22,29,33H,2,16-20H2,1H3,(H,30,35). The van der Waals surface area contributed by atoms with Gasteiger partial charge in [0.25, 0.3) is 15.9 Å². The van der Waals surface area contributed by atoms with Crippen LogP contribution in [0.4, 0.5) is 11.4 Å². The molecule has 0 unspecified atom stereocenters. The average Bonchev–Trinajstić information content (AvgIpc) is 2.94. The first-order chi connectivity index (χ1) is 18.3. The predicted molar refractivity (Wildman–Crippen MR) is 146 cm³/mol. The number of nitrogens with one attached hydrogen (secondary N) is 2. The minimum atomic E-state index is -4.15. The van der Waals surface area contributed by atoms with E-state index in [9.17, 15) is 23.1 Å². The Morgan fingerprint density at radius 3 is 2.21 bits per heavy atom. The molecule has 4 rings (SSSR count). The van der Waals surface area contributed by atoms with Crippen LogP contribution < -0.4 is 14.9 Å². The number of hydrogen-bond acceptors (Lipinski definition) is 6. The summed E-state index contributed by atoms with van der Waals surface area (Å²) < 4.78 is 28.5. The van der Waals surface area contributed by atoms with Gasteiger partial charge in [0, 0.05) is 18.2 Å². The molecule has 3 aromatic carbocycles. The molecule has 10 heteroatoms. The van der Waals surface area contributed by atoms with Gasteiger partial charge in [-0.3, -0.25) is 9.59 Å². The zero-order valence-electron chi connectivity index (χ0n) is 21.2. The lowest BCUT2D eigenvalue weighted by atomic mass is 10.0. The first-order valence-electron chi connectivity index (χ1n) is 12.6. The van der Waals surface area contributed by atoms with Crippen LogP contribution in [0.5, 0.6) is 5.75 Å². The fraction of sp³-hybridized carbons (Fsp3) is 0.286. The average molecular weight is 537 g/mol. The minimum Gasteiger partial charge on any atom is -0.506 e. The van der Waals surface area contributed by atoms with Gasteiger partial charge in [0.15, 0.2) is 0 Å². The van der Waals surface area contributed by atoms with E-state index in [1.54, 1.807) is 47.4 Å². The van der Waals surface area contributed by atoms with E-state index in [-0.39, 0.29) is 40.4 Å². The first-order valence-corrected chi connectivity index (χ1v) is 14.0. The summed E-state index contributed by atoms with van der Waals surface area (Å²) in [6.45, 7) is 4.09. The molecule has 9 nitrogen and oxygen atoms in total. The maximum atomic E-state index is 13.7. The molecule has 1 fully saturated rings. The van der Waals surface area contributed by atoms with Crippen LogP contribution in [-0.4, -0.2) is 62.5 Å². The van der Waals surface area contributed by atoms with Gasteiger partial charge in [-0.2, -0.15) is 0 Å². The van der Waals surface area contributed by atoms with Gasteiger partial charge >= 0.3 is 0 Å². The number of carbonyl (C=O) groups excluding carboxylic acids is 2. The Bertz CT molecular complexity index is 1360. The zero-order chi connectivity index (χ0) is 27.1. The van der Waals surface area contributed by atoms with Gasteiger partial charge in [0.1, 0.15) is 5.75 Å². The number of hydrogen-bond donors (Lipinski definition) is 3.